The van der Waals surface area contributed by atoms with Crippen molar-refractivity contribution in [2.24, 2.45) is 0 Å². The molecule has 1 saturated heterocycles. The van der Waals surface area contributed by atoms with Crippen LogP contribution in [0.25, 0.3) is 0 Å². The molecule has 23 heavy (non-hydrogen) atoms. The number of hydrogen-bond donors (Lipinski definition) is 1. The van der Waals surface area contributed by atoms with Crippen molar-refractivity contribution in [1.29, 1.82) is 0 Å². The quantitative estimate of drug-likeness (QED) is 0.815. The lowest BCUT2D eigenvalue weighted by molar-refractivity contribution is 0.155. The average Bonchev–Trinajstić information content (AvgIpc) is 2.60. The molecule has 0 radical (unpaired) electrons. The van der Waals surface area contributed by atoms with Crippen molar-refractivity contribution in [3.8, 4) is 0 Å². The van der Waals surface area contributed by atoms with Crippen LogP contribution in [-0.4, -0.2) is 30.6 Å². The zero-order chi connectivity index (χ0) is 15.9. The first-order chi connectivity index (χ1) is 11.3. The van der Waals surface area contributed by atoms with Gasteiger partial charge in [-0.15, -0.1) is 0 Å². The molecule has 0 unspecified atom stereocenters. The third-order valence-corrected chi connectivity index (χ3v) is 5.12. The molecule has 1 heterocycles. The van der Waals surface area contributed by atoms with Gasteiger partial charge in [-0.3, -0.25) is 4.90 Å². The zero-order valence-electron chi connectivity index (χ0n) is 13.5. The Kier molecular flexibility index (Phi) is 6.26. The van der Waals surface area contributed by atoms with Crippen LogP contribution < -0.4 is 5.32 Å². The summed E-state index contributed by atoms with van der Waals surface area (Å²) in [5.41, 5.74) is 2.83. The molecule has 0 aromatic heterocycles. The van der Waals surface area contributed by atoms with Gasteiger partial charge in [-0.25, -0.2) is 0 Å². The summed E-state index contributed by atoms with van der Waals surface area (Å²) in [5, 5.41) is 3.48. The molecule has 1 aliphatic heterocycles. The molecule has 0 spiro atoms. The Morgan fingerprint density at radius 2 is 1.70 bits per heavy atom. The van der Waals surface area contributed by atoms with E-state index >= 15 is 0 Å². The summed E-state index contributed by atoms with van der Waals surface area (Å²) in [5.74, 6) is 0. The topological polar surface area (TPSA) is 15.3 Å². The van der Waals surface area contributed by atoms with Gasteiger partial charge in [0.15, 0.2) is 0 Å². The Bertz CT molecular complexity index is 594. The van der Waals surface area contributed by atoms with Crippen LogP contribution >= 0.6 is 15.9 Å². The molecule has 0 amide bonds. The van der Waals surface area contributed by atoms with E-state index in [0.29, 0.717) is 6.04 Å². The van der Waals surface area contributed by atoms with Gasteiger partial charge < -0.3 is 5.32 Å². The highest BCUT2D eigenvalue weighted by atomic mass is 79.9. The fourth-order valence-electron chi connectivity index (χ4n) is 3.35. The van der Waals surface area contributed by atoms with Crippen molar-refractivity contribution in [2.75, 3.05) is 19.6 Å². The van der Waals surface area contributed by atoms with Gasteiger partial charge in [0, 0.05) is 23.6 Å². The van der Waals surface area contributed by atoms with Crippen LogP contribution in [0.3, 0.4) is 0 Å². The lowest BCUT2D eigenvalue weighted by atomic mass is 10.0. The number of piperidine rings is 1. The second-order valence-corrected chi connectivity index (χ2v) is 7.23. The van der Waals surface area contributed by atoms with E-state index in [0.717, 1.165) is 32.6 Å². The summed E-state index contributed by atoms with van der Waals surface area (Å²) >= 11 is 3.60. The highest BCUT2D eigenvalue weighted by Gasteiger charge is 2.20. The molecule has 1 N–H and O–H groups in total. The first kappa shape index (κ1) is 16.7. The number of benzene rings is 2. The van der Waals surface area contributed by atoms with Gasteiger partial charge in [-0.1, -0.05) is 58.4 Å². The molecule has 0 bridgehead atoms. The van der Waals surface area contributed by atoms with Crippen molar-refractivity contribution in [3.05, 3.63) is 70.2 Å². The molecule has 3 rings (SSSR count). The van der Waals surface area contributed by atoms with E-state index in [1.165, 1.54) is 28.4 Å². The first-order valence-electron chi connectivity index (χ1n) is 8.54. The minimum atomic E-state index is 0.693. The monoisotopic (exact) mass is 372 g/mol. The standard InChI is InChI=1S/C20H25BrN2/c21-19-8-4-7-18(15-19)16-23(20-9-12-22-13-10-20)14-11-17-5-2-1-3-6-17/h1-8,15,20,22H,9-14,16H2. The first-order valence-corrected chi connectivity index (χ1v) is 9.34. The Labute approximate surface area is 148 Å². The van der Waals surface area contributed by atoms with Gasteiger partial charge in [0.05, 0.1) is 0 Å². The minimum absolute atomic E-state index is 0.693. The Hall–Kier alpha value is -1.16. The second-order valence-electron chi connectivity index (χ2n) is 6.32. The van der Waals surface area contributed by atoms with Crippen molar-refractivity contribution >= 4 is 15.9 Å². The van der Waals surface area contributed by atoms with Crippen molar-refractivity contribution in [3.63, 3.8) is 0 Å². The summed E-state index contributed by atoms with van der Waals surface area (Å²) in [4.78, 5) is 2.68. The van der Waals surface area contributed by atoms with Gasteiger partial charge in [-0.2, -0.15) is 0 Å². The molecule has 3 heteroatoms. The van der Waals surface area contributed by atoms with Crippen LogP contribution in [0.15, 0.2) is 59.1 Å². The van der Waals surface area contributed by atoms with Crippen LogP contribution in [0.4, 0.5) is 0 Å². The average molecular weight is 373 g/mol. The van der Waals surface area contributed by atoms with Crippen molar-refractivity contribution in [2.45, 2.75) is 31.8 Å². The maximum absolute atomic E-state index is 3.60. The summed E-state index contributed by atoms with van der Waals surface area (Å²) in [6.07, 6.45) is 3.63. The molecule has 1 aliphatic rings. The fourth-order valence-corrected chi connectivity index (χ4v) is 3.80. The lowest BCUT2D eigenvalue weighted by Gasteiger charge is -2.35. The Balaban J connectivity index is 1.67. The van der Waals surface area contributed by atoms with Gasteiger partial charge in [0.1, 0.15) is 0 Å². The maximum Gasteiger partial charge on any atom is 0.0237 e. The molecular formula is C20H25BrN2. The SMILES string of the molecule is Brc1cccc(CN(CCc2ccccc2)C2CCNCC2)c1. The van der Waals surface area contributed by atoms with Crippen molar-refractivity contribution < 1.29 is 0 Å². The fraction of sp³-hybridized carbons (Fsp3) is 0.400. The predicted octanol–water partition coefficient (Wildman–Crippen LogP) is 4.25. The number of nitrogens with one attached hydrogen (secondary N) is 1. The van der Waals surface area contributed by atoms with E-state index in [-0.39, 0.29) is 0 Å². The van der Waals surface area contributed by atoms with Crippen LogP contribution in [0.1, 0.15) is 24.0 Å². The van der Waals surface area contributed by atoms with Crippen LogP contribution in [0.5, 0.6) is 0 Å². The molecule has 2 aromatic carbocycles. The number of rotatable bonds is 6. The van der Waals surface area contributed by atoms with Crippen LogP contribution in [0.2, 0.25) is 0 Å². The van der Waals surface area contributed by atoms with Crippen LogP contribution in [0, 0.1) is 0 Å². The number of hydrogen-bond acceptors (Lipinski definition) is 2. The van der Waals surface area contributed by atoms with Crippen molar-refractivity contribution in [1.82, 2.24) is 10.2 Å². The van der Waals surface area contributed by atoms with Crippen LogP contribution in [-0.2, 0) is 13.0 Å². The summed E-state index contributed by atoms with van der Waals surface area (Å²) < 4.78 is 1.17. The number of nitrogens with zero attached hydrogens (tertiary/aromatic N) is 1. The van der Waals surface area contributed by atoms with E-state index in [2.05, 4.69) is 80.7 Å². The molecule has 122 valence electrons. The predicted molar refractivity (Wildman–Crippen MR) is 101 cm³/mol. The molecule has 0 aliphatic carbocycles. The van der Waals surface area contributed by atoms with E-state index in [4.69, 9.17) is 0 Å². The van der Waals surface area contributed by atoms with Gasteiger partial charge >= 0.3 is 0 Å². The lowest BCUT2D eigenvalue weighted by Crippen LogP contribution is -2.43. The molecule has 0 saturated carbocycles. The van der Waals surface area contributed by atoms with E-state index in [9.17, 15) is 0 Å². The van der Waals surface area contributed by atoms with Gasteiger partial charge in [0.2, 0.25) is 0 Å². The summed E-state index contributed by atoms with van der Waals surface area (Å²) in [6.45, 7) is 4.45. The Morgan fingerprint density at radius 3 is 2.43 bits per heavy atom. The highest BCUT2D eigenvalue weighted by molar-refractivity contribution is 9.10. The molecule has 0 atom stereocenters. The van der Waals surface area contributed by atoms with E-state index < -0.39 is 0 Å². The molecule has 1 fully saturated rings. The normalized spacial score (nSPS) is 15.9. The molecular weight excluding hydrogens is 348 g/mol. The van der Waals surface area contributed by atoms with E-state index in [1.54, 1.807) is 0 Å². The number of halogens is 1. The summed E-state index contributed by atoms with van der Waals surface area (Å²) in [6, 6.07) is 20.3. The minimum Gasteiger partial charge on any atom is -0.317 e. The molecule has 2 aromatic rings. The third kappa shape index (κ3) is 5.17. The Morgan fingerprint density at radius 1 is 0.957 bits per heavy atom. The van der Waals surface area contributed by atoms with Gasteiger partial charge in [0.25, 0.3) is 0 Å². The van der Waals surface area contributed by atoms with Gasteiger partial charge in [-0.05, 0) is 55.6 Å². The maximum atomic E-state index is 3.60. The second kappa shape index (κ2) is 8.62. The largest absolute Gasteiger partial charge is 0.317 e. The zero-order valence-corrected chi connectivity index (χ0v) is 15.1. The third-order valence-electron chi connectivity index (χ3n) is 4.63. The highest BCUT2D eigenvalue weighted by Crippen LogP contribution is 2.19. The molecule has 2 nitrogen and oxygen atoms in total. The smallest absolute Gasteiger partial charge is 0.0237 e. The summed E-state index contributed by atoms with van der Waals surface area (Å²) in [7, 11) is 0. The van der Waals surface area contributed by atoms with E-state index in [1.807, 2.05) is 0 Å².